The van der Waals surface area contributed by atoms with Gasteiger partial charge in [0.05, 0.1) is 12.0 Å². The number of anilines is 1. The van der Waals surface area contributed by atoms with Gasteiger partial charge in [-0.1, -0.05) is 38.3 Å². The van der Waals surface area contributed by atoms with Gasteiger partial charge in [0.2, 0.25) is 5.91 Å². The predicted molar refractivity (Wildman–Crippen MR) is 111 cm³/mol. The molecule has 0 aromatic heterocycles. The molecule has 1 aliphatic rings. The zero-order valence-electron chi connectivity index (χ0n) is 17.1. The first-order chi connectivity index (χ1) is 13.5. The number of amides is 1. The van der Waals surface area contributed by atoms with E-state index in [1.54, 1.807) is 12.1 Å². The second kappa shape index (κ2) is 8.76. The first kappa shape index (κ1) is 20.4. The van der Waals surface area contributed by atoms with E-state index in [1.165, 1.54) is 12.1 Å². The fourth-order valence-corrected chi connectivity index (χ4v) is 4.28. The highest BCUT2D eigenvalue weighted by Crippen LogP contribution is 2.41. The molecule has 1 fully saturated rings. The minimum atomic E-state index is -0.592. The van der Waals surface area contributed by atoms with E-state index in [1.807, 2.05) is 26.0 Å². The third-order valence-corrected chi connectivity index (χ3v) is 5.71. The Hall–Kier alpha value is -2.36. The molecule has 1 aliphatic carbocycles. The Morgan fingerprint density at radius 3 is 2.25 bits per heavy atom. The molecule has 3 rings (SSSR count). The standard InChI is InChI=1S/C24H30FNO2/c1-4-14-28-22-17(2)15-21(16-18(22)3)26-23(27)24(12-6-5-7-13-24)19-8-10-20(25)11-9-19/h8-11,15-16H,4-7,12-14H2,1-3H3,(H,26,27). The molecule has 1 saturated carbocycles. The molecule has 1 amide bonds. The van der Waals surface area contributed by atoms with Crippen LogP contribution >= 0.6 is 0 Å². The molecule has 2 aromatic carbocycles. The number of ether oxygens (including phenoxy) is 1. The Balaban J connectivity index is 1.87. The predicted octanol–water partition coefficient (Wildman–Crippen LogP) is 6.07. The maximum absolute atomic E-state index is 13.4. The van der Waals surface area contributed by atoms with Gasteiger partial charge in [0, 0.05) is 5.69 Å². The number of benzene rings is 2. The molecule has 0 unspecified atom stereocenters. The van der Waals surface area contributed by atoms with Crippen molar-refractivity contribution < 1.29 is 13.9 Å². The molecule has 2 aromatic rings. The van der Waals surface area contributed by atoms with Gasteiger partial charge in [-0.3, -0.25) is 4.79 Å². The quantitative estimate of drug-likeness (QED) is 0.657. The smallest absolute Gasteiger partial charge is 0.235 e. The summed E-state index contributed by atoms with van der Waals surface area (Å²) < 4.78 is 19.3. The van der Waals surface area contributed by atoms with Crippen molar-refractivity contribution in [2.24, 2.45) is 0 Å². The van der Waals surface area contributed by atoms with E-state index in [0.29, 0.717) is 6.61 Å². The number of carbonyl (C=O) groups excluding carboxylic acids is 1. The van der Waals surface area contributed by atoms with Gasteiger partial charge in [-0.25, -0.2) is 4.39 Å². The van der Waals surface area contributed by atoms with Crippen LogP contribution in [0.25, 0.3) is 0 Å². The molecule has 0 atom stereocenters. The van der Waals surface area contributed by atoms with Crippen molar-refractivity contribution in [3.05, 3.63) is 58.9 Å². The Labute approximate surface area is 167 Å². The Morgan fingerprint density at radius 1 is 1.07 bits per heavy atom. The number of hydrogen-bond donors (Lipinski definition) is 1. The molecule has 0 bridgehead atoms. The molecule has 3 nitrogen and oxygen atoms in total. The normalized spacial score (nSPS) is 15.9. The fourth-order valence-electron chi connectivity index (χ4n) is 4.28. The summed E-state index contributed by atoms with van der Waals surface area (Å²) >= 11 is 0. The van der Waals surface area contributed by atoms with Crippen molar-refractivity contribution in [2.45, 2.75) is 64.7 Å². The lowest BCUT2D eigenvalue weighted by Crippen LogP contribution is -2.42. The molecule has 0 spiro atoms. The molecule has 0 heterocycles. The number of carbonyl (C=O) groups is 1. The van der Waals surface area contributed by atoms with Gasteiger partial charge in [-0.2, -0.15) is 0 Å². The van der Waals surface area contributed by atoms with Crippen molar-refractivity contribution in [1.29, 1.82) is 0 Å². The number of nitrogens with one attached hydrogen (secondary N) is 1. The summed E-state index contributed by atoms with van der Waals surface area (Å²) in [5.41, 5.74) is 3.13. The topological polar surface area (TPSA) is 38.3 Å². The Morgan fingerprint density at radius 2 is 1.68 bits per heavy atom. The van der Waals surface area contributed by atoms with Crippen LogP contribution in [0, 0.1) is 19.7 Å². The summed E-state index contributed by atoms with van der Waals surface area (Å²) in [5, 5.41) is 3.14. The molecular formula is C24H30FNO2. The number of rotatable bonds is 6. The van der Waals surface area contributed by atoms with Crippen molar-refractivity contribution in [1.82, 2.24) is 0 Å². The zero-order chi connectivity index (χ0) is 20.1. The van der Waals surface area contributed by atoms with Gasteiger partial charge in [-0.05, 0) is 74.1 Å². The second-order valence-electron chi connectivity index (χ2n) is 7.89. The second-order valence-corrected chi connectivity index (χ2v) is 7.89. The lowest BCUT2D eigenvalue weighted by atomic mass is 9.68. The molecule has 0 saturated heterocycles. The monoisotopic (exact) mass is 383 g/mol. The van der Waals surface area contributed by atoms with Crippen molar-refractivity contribution >= 4 is 11.6 Å². The van der Waals surface area contributed by atoms with Crippen LogP contribution < -0.4 is 10.1 Å². The van der Waals surface area contributed by atoms with E-state index in [2.05, 4.69) is 12.2 Å². The minimum Gasteiger partial charge on any atom is -0.493 e. The molecule has 4 heteroatoms. The number of hydrogen-bond acceptors (Lipinski definition) is 2. The Bertz CT molecular complexity index is 800. The van der Waals surface area contributed by atoms with Crippen LogP contribution in [-0.2, 0) is 10.2 Å². The van der Waals surface area contributed by atoms with Crippen molar-refractivity contribution in [3.63, 3.8) is 0 Å². The number of halogens is 1. The van der Waals surface area contributed by atoms with E-state index >= 15 is 0 Å². The maximum atomic E-state index is 13.4. The summed E-state index contributed by atoms with van der Waals surface area (Å²) in [6, 6.07) is 10.4. The molecule has 1 N–H and O–H groups in total. The molecule has 0 radical (unpaired) electrons. The summed E-state index contributed by atoms with van der Waals surface area (Å²) in [6.07, 6.45) is 5.69. The van der Waals surface area contributed by atoms with Crippen LogP contribution in [-0.4, -0.2) is 12.5 Å². The van der Waals surface area contributed by atoms with Crippen molar-refractivity contribution in [2.75, 3.05) is 11.9 Å². The van der Waals surface area contributed by atoms with Crippen LogP contribution in [0.1, 0.15) is 62.1 Å². The highest BCUT2D eigenvalue weighted by molar-refractivity contribution is 5.99. The average molecular weight is 384 g/mol. The van der Waals surface area contributed by atoms with Crippen LogP contribution in [0.2, 0.25) is 0 Å². The summed E-state index contributed by atoms with van der Waals surface area (Å²) in [6.45, 7) is 6.77. The fraction of sp³-hybridized carbons (Fsp3) is 0.458. The highest BCUT2D eigenvalue weighted by atomic mass is 19.1. The third kappa shape index (κ3) is 4.21. The van der Waals surface area contributed by atoms with Gasteiger partial charge in [0.1, 0.15) is 11.6 Å². The lowest BCUT2D eigenvalue weighted by molar-refractivity contribution is -0.122. The first-order valence-electron chi connectivity index (χ1n) is 10.3. The minimum absolute atomic E-state index is 0.000153. The van der Waals surface area contributed by atoms with E-state index in [9.17, 15) is 9.18 Å². The van der Waals surface area contributed by atoms with Crippen LogP contribution in [0.5, 0.6) is 5.75 Å². The average Bonchev–Trinajstić information content (AvgIpc) is 2.68. The van der Waals surface area contributed by atoms with Gasteiger partial charge in [-0.15, -0.1) is 0 Å². The highest BCUT2D eigenvalue weighted by Gasteiger charge is 2.41. The van der Waals surface area contributed by atoms with Gasteiger partial charge in [0.25, 0.3) is 0 Å². The first-order valence-corrected chi connectivity index (χ1v) is 10.3. The third-order valence-electron chi connectivity index (χ3n) is 5.71. The van der Waals surface area contributed by atoms with E-state index in [0.717, 1.165) is 66.7 Å². The van der Waals surface area contributed by atoms with Gasteiger partial charge in [0.15, 0.2) is 0 Å². The molecule has 150 valence electrons. The number of aryl methyl sites for hydroxylation is 2. The van der Waals surface area contributed by atoms with E-state index in [-0.39, 0.29) is 11.7 Å². The molecule has 28 heavy (non-hydrogen) atoms. The van der Waals surface area contributed by atoms with Gasteiger partial charge < -0.3 is 10.1 Å². The Kier molecular flexibility index (Phi) is 6.38. The molecule has 0 aliphatic heterocycles. The van der Waals surface area contributed by atoms with Crippen LogP contribution in [0.3, 0.4) is 0 Å². The van der Waals surface area contributed by atoms with Crippen LogP contribution in [0.15, 0.2) is 36.4 Å². The molecular weight excluding hydrogens is 353 g/mol. The summed E-state index contributed by atoms with van der Waals surface area (Å²) in [7, 11) is 0. The lowest BCUT2D eigenvalue weighted by Gasteiger charge is -2.36. The van der Waals surface area contributed by atoms with E-state index in [4.69, 9.17) is 4.74 Å². The summed E-state index contributed by atoms with van der Waals surface area (Å²) in [5.74, 6) is 0.620. The van der Waals surface area contributed by atoms with E-state index < -0.39 is 5.41 Å². The largest absolute Gasteiger partial charge is 0.493 e. The maximum Gasteiger partial charge on any atom is 0.235 e. The van der Waals surface area contributed by atoms with Crippen molar-refractivity contribution in [3.8, 4) is 5.75 Å². The SMILES string of the molecule is CCCOc1c(C)cc(NC(=O)C2(c3ccc(F)cc3)CCCCC2)cc1C. The van der Waals surface area contributed by atoms with Gasteiger partial charge >= 0.3 is 0 Å². The zero-order valence-corrected chi connectivity index (χ0v) is 17.1. The van der Waals surface area contributed by atoms with Crippen LogP contribution in [0.4, 0.5) is 10.1 Å². The summed E-state index contributed by atoms with van der Waals surface area (Å²) in [4.78, 5) is 13.4.